The van der Waals surface area contributed by atoms with Crippen molar-refractivity contribution in [3.05, 3.63) is 30.2 Å². The summed E-state index contributed by atoms with van der Waals surface area (Å²) in [5.41, 5.74) is 8.23. The molecule has 1 aromatic rings. The van der Waals surface area contributed by atoms with Crippen LogP contribution in [-0.4, -0.2) is 6.04 Å². The zero-order chi connectivity index (χ0) is 7.68. The first kappa shape index (κ1) is 6.68. The Kier molecular flexibility index (Phi) is 1.55. The molecular weight excluding hydrogens is 138 g/mol. The molecule has 1 unspecified atom stereocenters. The minimum Gasteiger partial charge on any atom is -0.472 e. The van der Waals surface area contributed by atoms with Crippen LogP contribution in [0.3, 0.4) is 0 Å². The maximum atomic E-state index is 5.72. The largest absolute Gasteiger partial charge is 0.472 e. The van der Waals surface area contributed by atoms with Gasteiger partial charge in [0.2, 0.25) is 0 Å². The molecule has 0 amide bonds. The second-order valence-electron chi connectivity index (χ2n) is 2.91. The molecule has 0 saturated heterocycles. The van der Waals surface area contributed by atoms with Crippen LogP contribution in [0.1, 0.15) is 18.4 Å². The average molecular weight is 149 g/mol. The summed E-state index contributed by atoms with van der Waals surface area (Å²) in [7, 11) is 0. The van der Waals surface area contributed by atoms with E-state index in [0.717, 1.165) is 12.8 Å². The van der Waals surface area contributed by atoms with Gasteiger partial charge in [-0.3, -0.25) is 0 Å². The number of rotatable bonds is 1. The molecule has 1 aliphatic carbocycles. The number of nitrogens with two attached hydrogens (primary N) is 1. The molecule has 1 atom stereocenters. The fraction of sp³-hybridized carbons (Fsp3) is 0.333. The summed E-state index contributed by atoms with van der Waals surface area (Å²) in [6.45, 7) is 0. The van der Waals surface area contributed by atoms with Crippen molar-refractivity contribution in [1.82, 2.24) is 0 Å². The normalized spacial score (nSPS) is 23.7. The molecule has 0 bridgehead atoms. The summed E-state index contributed by atoms with van der Waals surface area (Å²) < 4.78 is 4.98. The molecule has 0 radical (unpaired) electrons. The van der Waals surface area contributed by atoms with Crippen LogP contribution in [-0.2, 0) is 0 Å². The van der Waals surface area contributed by atoms with Gasteiger partial charge < -0.3 is 10.2 Å². The van der Waals surface area contributed by atoms with E-state index in [2.05, 4.69) is 6.08 Å². The van der Waals surface area contributed by atoms with Crippen LogP contribution in [0.5, 0.6) is 0 Å². The maximum absolute atomic E-state index is 5.72. The minimum absolute atomic E-state index is 0.250. The van der Waals surface area contributed by atoms with Gasteiger partial charge in [-0.05, 0) is 24.5 Å². The highest BCUT2D eigenvalue weighted by Gasteiger charge is 2.13. The van der Waals surface area contributed by atoms with Gasteiger partial charge in [0, 0.05) is 11.6 Å². The Balaban J connectivity index is 2.25. The number of hydrogen-bond acceptors (Lipinski definition) is 2. The van der Waals surface area contributed by atoms with E-state index in [9.17, 15) is 0 Å². The molecule has 1 aromatic heterocycles. The third-order valence-corrected chi connectivity index (χ3v) is 2.05. The smallest absolute Gasteiger partial charge is 0.0977 e. The molecule has 2 nitrogen and oxygen atoms in total. The van der Waals surface area contributed by atoms with Gasteiger partial charge in [0.1, 0.15) is 0 Å². The van der Waals surface area contributed by atoms with E-state index in [-0.39, 0.29) is 6.04 Å². The summed E-state index contributed by atoms with van der Waals surface area (Å²) in [4.78, 5) is 0. The minimum atomic E-state index is 0.250. The zero-order valence-electron chi connectivity index (χ0n) is 6.29. The Bertz CT molecular complexity index is 261. The molecule has 1 heterocycles. The van der Waals surface area contributed by atoms with E-state index in [1.54, 1.807) is 12.5 Å². The third kappa shape index (κ3) is 1.21. The van der Waals surface area contributed by atoms with Crippen LogP contribution in [0.25, 0.3) is 5.57 Å². The van der Waals surface area contributed by atoms with E-state index in [4.69, 9.17) is 10.2 Å². The third-order valence-electron chi connectivity index (χ3n) is 2.05. The van der Waals surface area contributed by atoms with E-state index in [1.807, 2.05) is 6.07 Å². The molecular formula is C9H11NO. The van der Waals surface area contributed by atoms with E-state index in [1.165, 1.54) is 11.1 Å². The molecule has 0 spiro atoms. The molecule has 1 aliphatic rings. The molecule has 0 fully saturated rings. The quantitative estimate of drug-likeness (QED) is 0.661. The Morgan fingerprint density at radius 2 is 2.45 bits per heavy atom. The first-order valence-electron chi connectivity index (χ1n) is 3.85. The van der Waals surface area contributed by atoms with Crippen LogP contribution < -0.4 is 5.73 Å². The Hall–Kier alpha value is -1.02. The predicted octanol–water partition coefficient (Wildman–Crippen LogP) is 1.78. The second-order valence-corrected chi connectivity index (χ2v) is 2.91. The Labute approximate surface area is 65.7 Å². The molecule has 2 N–H and O–H groups in total. The summed E-state index contributed by atoms with van der Waals surface area (Å²) in [5.74, 6) is 0. The van der Waals surface area contributed by atoms with Crippen LogP contribution in [0.4, 0.5) is 0 Å². The number of allylic oxidation sites excluding steroid dienone is 1. The standard InChI is InChI=1S/C9H11NO/c10-9-2-1-7(5-9)8-3-4-11-6-8/h3-6,9H,1-2,10H2. The van der Waals surface area contributed by atoms with Gasteiger partial charge in [0.25, 0.3) is 0 Å². The molecule has 2 heteroatoms. The second kappa shape index (κ2) is 2.55. The molecule has 0 saturated carbocycles. The van der Waals surface area contributed by atoms with E-state index in [0.29, 0.717) is 0 Å². The molecule has 58 valence electrons. The summed E-state index contributed by atoms with van der Waals surface area (Å²) in [5, 5.41) is 0. The van der Waals surface area contributed by atoms with Crippen molar-refractivity contribution >= 4 is 5.57 Å². The predicted molar refractivity (Wildman–Crippen MR) is 43.9 cm³/mol. The van der Waals surface area contributed by atoms with Gasteiger partial charge in [-0.1, -0.05) is 6.08 Å². The zero-order valence-corrected chi connectivity index (χ0v) is 6.29. The van der Waals surface area contributed by atoms with Crippen LogP contribution in [0.2, 0.25) is 0 Å². The van der Waals surface area contributed by atoms with Crippen molar-refractivity contribution in [2.45, 2.75) is 18.9 Å². The van der Waals surface area contributed by atoms with Crippen molar-refractivity contribution in [2.75, 3.05) is 0 Å². The SMILES string of the molecule is NC1C=C(c2ccoc2)CC1. The van der Waals surface area contributed by atoms with Crippen molar-refractivity contribution in [2.24, 2.45) is 5.73 Å². The molecule has 0 aliphatic heterocycles. The van der Waals surface area contributed by atoms with Crippen molar-refractivity contribution < 1.29 is 4.42 Å². The first-order valence-corrected chi connectivity index (χ1v) is 3.85. The Morgan fingerprint density at radius 3 is 3.00 bits per heavy atom. The fourth-order valence-electron chi connectivity index (χ4n) is 1.43. The summed E-state index contributed by atoms with van der Waals surface area (Å²) in [6, 6.07) is 2.23. The van der Waals surface area contributed by atoms with Gasteiger partial charge in [-0.15, -0.1) is 0 Å². The lowest BCUT2D eigenvalue weighted by Gasteiger charge is -1.92. The summed E-state index contributed by atoms with van der Waals surface area (Å²) >= 11 is 0. The van der Waals surface area contributed by atoms with Crippen LogP contribution in [0, 0.1) is 0 Å². The van der Waals surface area contributed by atoms with Crippen molar-refractivity contribution in [3.63, 3.8) is 0 Å². The monoisotopic (exact) mass is 149 g/mol. The first-order chi connectivity index (χ1) is 5.36. The lowest BCUT2D eigenvalue weighted by atomic mass is 10.1. The highest BCUT2D eigenvalue weighted by molar-refractivity contribution is 5.67. The molecule has 0 aromatic carbocycles. The van der Waals surface area contributed by atoms with Gasteiger partial charge in [0.15, 0.2) is 0 Å². The highest BCUT2D eigenvalue weighted by Crippen LogP contribution is 2.26. The number of hydrogen-bond donors (Lipinski definition) is 1. The highest BCUT2D eigenvalue weighted by atomic mass is 16.3. The number of furan rings is 1. The van der Waals surface area contributed by atoms with Gasteiger partial charge >= 0.3 is 0 Å². The van der Waals surface area contributed by atoms with Gasteiger partial charge in [-0.25, -0.2) is 0 Å². The Morgan fingerprint density at radius 1 is 1.55 bits per heavy atom. The van der Waals surface area contributed by atoms with Gasteiger partial charge in [0.05, 0.1) is 12.5 Å². The van der Waals surface area contributed by atoms with Crippen molar-refractivity contribution in [1.29, 1.82) is 0 Å². The van der Waals surface area contributed by atoms with E-state index >= 15 is 0 Å². The average Bonchev–Trinajstić information content (AvgIpc) is 2.55. The fourth-order valence-corrected chi connectivity index (χ4v) is 1.43. The maximum Gasteiger partial charge on any atom is 0.0977 e. The van der Waals surface area contributed by atoms with Gasteiger partial charge in [-0.2, -0.15) is 0 Å². The van der Waals surface area contributed by atoms with Crippen molar-refractivity contribution in [3.8, 4) is 0 Å². The molecule has 11 heavy (non-hydrogen) atoms. The summed E-state index contributed by atoms with van der Waals surface area (Å²) in [6.07, 6.45) is 7.73. The topological polar surface area (TPSA) is 39.2 Å². The van der Waals surface area contributed by atoms with Crippen LogP contribution >= 0.6 is 0 Å². The lowest BCUT2D eigenvalue weighted by molar-refractivity contribution is 0.566. The molecule has 2 rings (SSSR count). The lowest BCUT2D eigenvalue weighted by Crippen LogP contribution is -2.11. The van der Waals surface area contributed by atoms with Crippen LogP contribution in [0.15, 0.2) is 29.1 Å². The van der Waals surface area contributed by atoms with E-state index < -0.39 is 0 Å².